The van der Waals surface area contributed by atoms with Gasteiger partial charge in [0.05, 0.1) is 12.7 Å². The van der Waals surface area contributed by atoms with Crippen molar-refractivity contribution in [2.45, 2.75) is 20.4 Å². The Morgan fingerprint density at radius 2 is 2.05 bits per heavy atom. The molecular weight excluding hydrogens is 271 g/mol. The van der Waals surface area contributed by atoms with Gasteiger partial charge in [-0.05, 0) is 43.7 Å². The van der Waals surface area contributed by atoms with Gasteiger partial charge in [-0.3, -0.25) is 0 Å². The molecule has 0 aliphatic heterocycles. The number of hydrogen-bond acceptors (Lipinski definition) is 3. The van der Waals surface area contributed by atoms with Crippen molar-refractivity contribution in [2.24, 2.45) is 7.05 Å². The minimum atomic E-state index is -0.557. The Kier molecular flexibility index (Phi) is 4.31. The molecule has 0 saturated heterocycles. The van der Waals surface area contributed by atoms with Crippen molar-refractivity contribution in [1.82, 2.24) is 4.57 Å². The second-order valence-electron chi connectivity index (χ2n) is 4.99. The van der Waals surface area contributed by atoms with Gasteiger partial charge in [-0.1, -0.05) is 0 Å². The lowest BCUT2D eigenvalue weighted by Gasteiger charge is -2.11. The lowest BCUT2D eigenvalue weighted by atomic mass is 10.1. The van der Waals surface area contributed by atoms with Gasteiger partial charge in [0.2, 0.25) is 0 Å². The van der Waals surface area contributed by atoms with Crippen molar-refractivity contribution in [3.8, 4) is 0 Å². The lowest BCUT2D eigenvalue weighted by molar-refractivity contribution is 0.0601. The molecule has 0 aliphatic carbocycles. The summed E-state index contributed by atoms with van der Waals surface area (Å²) in [5.41, 5.74) is 4.21. The van der Waals surface area contributed by atoms with Crippen molar-refractivity contribution in [3.05, 3.63) is 52.6 Å². The predicted molar refractivity (Wildman–Crippen MR) is 80.0 cm³/mol. The number of ether oxygens (including phenoxy) is 1. The maximum absolute atomic E-state index is 13.3. The Morgan fingerprint density at radius 1 is 1.33 bits per heavy atom. The van der Waals surface area contributed by atoms with Gasteiger partial charge in [-0.2, -0.15) is 0 Å². The first kappa shape index (κ1) is 15.1. The predicted octanol–water partition coefficient (Wildman–Crippen LogP) is 3.18. The molecule has 0 spiro atoms. The highest BCUT2D eigenvalue weighted by atomic mass is 19.1. The van der Waals surface area contributed by atoms with E-state index in [4.69, 9.17) is 0 Å². The highest BCUT2D eigenvalue weighted by molar-refractivity contribution is 5.95. The molecule has 0 unspecified atom stereocenters. The summed E-state index contributed by atoms with van der Waals surface area (Å²) in [5.74, 6) is -1.02. The Morgan fingerprint density at radius 3 is 2.62 bits per heavy atom. The van der Waals surface area contributed by atoms with Crippen molar-refractivity contribution in [2.75, 3.05) is 12.4 Å². The van der Waals surface area contributed by atoms with E-state index in [1.165, 1.54) is 19.2 Å². The Labute approximate surface area is 123 Å². The van der Waals surface area contributed by atoms with Crippen LogP contribution in [-0.4, -0.2) is 17.6 Å². The summed E-state index contributed by atoms with van der Waals surface area (Å²) in [4.78, 5) is 11.7. The number of aromatic nitrogens is 1. The molecule has 0 amide bonds. The molecule has 2 aromatic rings. The van der Waals surface area contributed by atoms with E-state index >= 15 is 0 Å². The maximum atomic E-state index is 13.3. The minimum absolute atomic E-state index is 0.197. The number of esters is 1. The fourth-order valence-electron chi connectivity index (χ4n) is 2.25. The Hall–Kier alpha value is -2.30. The van der Waals surface area contributed by atoms with Crippen molar-refractivity contribution in [3.63, 3.8) is 0 Å². The number of carbonyl (C=O) groups is 1. The number of hydrogen-bond donors (Lipinski definition) is 1. The Bertz CT molecular complexity index is 677. The Balaban J connectivity index is 2.23. The average Bonchev–Trinajstić information content (AvgIpc) is 2.72. The molecule has 21 heavy (non-hydrogen) atoms. The average molecular weight is 290 g/mol. The van der Waals surface area contributed by atoms with Gasteiger partial charge in [0.1, 0.15) is 5.82 Å². The summed E-state index contributed by atoms with van der Waals surface area (Å²) in [6, 6.07) is 6.13. The van der Waals surface area contributed by atoms with Crippen LogP contribution in [0.25, 0.3) is 0 Å². The van der Waals surface area contributed by atoms with Gasteiger partial charge in [0.25, 0.3) is 0 Å². The van der Waals surface area contributed by atoms with Gasteiger partial charge in [-0.25, -0.2) is 9.18 Å². The number of anilines is 1. The van der Waals surface area contributed by atoms with Gasteiger partial charge in [0, 0.05) is 30.7 Å². The summed E-state index contributed by atoms with van der Waals surface area (Å²) >= 11 is 0. The van der Waals surface area contributed by atoms with E-state index in [0.29, 0.717) is 12.2 Å². The molecule has 1 aromatic heterocycles. The molecule has 0 aliphatic rings. The van der Waals surface area contributed by atoms with Crippen molar-refractivity contribution < 1.29 is 13.9 Å². The first-order valence-corrected chi connectivity index (χ1v) is 6.67. The molecule has 0 saturated carbocycles. The van der Waals surface area contributed by atoms with Crippen LogP contribution < -0.4 is 5.32 Å². The molecule has 1 heterocycles. The third kappa shape index (κ3) is 3.07. The van der Waals surface area contributed by atoms with Gasteiger partial charge >= 0.3 is 5.97 Å². The number of halogens is 1. The molecule has 1 N–H and O–H groups in total. The smallest absolute Gasteiger partial charge is 0.340 e. The first-order valence-electron chi connectivity index (χ1n) is 6.67. The molecule has 2 rings (SSSR count). The lowest BCUT2D eigenvalue weighted by Crippen LogP contribution is -2.09. The van der Waals surface area contributed by atoms with E-state index < -0.39 is 11.8 Å². The monoisotopic (exact) mass is 290 g/mol. The summed E-state index contributed by atoms with van der Waals surface area (Å²) < 4.78 is 20.1. The zero-order chi connectivity index (χ0) is 15.6. The van der Waals surface area contributed by atoms with Crippen LogP contribution in [0.2, 0.25) is 0 Å². The fourth-order valence-corrected chi connectivity index (χ4v) is 2.25. The quantitative estimate of drug-likeness (QED) is 0.879. The molecule has 0 bridgehead atoms. The molecule has 5 heteroatoms. The molecule has 1 aromatic carbocycles. The molecule has 0 radical (unpaired) electrons. The van der Waals surface area contributed by atoms with Crippen LogP contribution in [0.3, 0.4) is 0 Å². The third-order valence-electron chi connectivity index (χ3n) is 3.74. The second kappa shape index (κ2) is 5.99. The van der Waals surface area contributed by atoms with Crippen LogP contribution in [0.15, 0.2) is 24.3 Å². The van der Waals surface area contributed by atoms with E-state index in [0.717, 1.165) is 17.0 Å². The summed E-state index contributed by atoms with van der Waals surface area (Å²) in [6.45, 7) is 4.63. The number of methoxy groups -OCH3 is 1. The topological polar surface area (TPSA) is 43.3 Å². The summed E-state index contributed by atoms with van der Waals surface area (Å²) in [6.07, 6.45) is 0. The zero-order valence-electron chi connectivity index (χ0n) is 12.7. The number of aryl methyl sites for hydroxylation is 1. The number of rotatable bonds is 4. The van der Waals surface area contributed by atoms with E-state index in [-0.39, 0.29) is 5.56 Å². The molecule has 0 fully saturated rings. The molecule has 0 atom stereocenters. The van der Waals surface area contributed by atoms with Crippen LogP contribution in [-0.2, 0) is 18.3 Å². The van der Waals surface area contributed by atoms with E-state index in [2.05, 4.69) is 20.7 Å². The number of nitrogens with one attached hydrogen (secondary N) is 1. The highest BCUT2D eigenvalue weighted by Gasteiger charge is 2.14. The van der Waals surface area contributed by atoms with Crippen LogP contribution in [0.5, 0.6) is 0 Å². The van der Waals surface area contributed by atoms with E-state index in [1.807, 2.05) is 20.9 Å². The number of carbonyl (C=O) groups excluding carboxylic acids is 1. The van der Waals surface area contributed by atoms with Crippen LogP contribution in [0.4, 0.5) is 10.1 Å². The molecule has 112 valence electrons. The normalized spacial score (nSPS) is 10.5. The zero-order valence-corrected chi connectivity index (χ0v) is 12.7. The largest absolute Gasteiger partial charge is 0.465 e. The standard InChI is InChI=1S/C16H19FN2O2/c1-10-7-12(11(2)19(10)3)9-18-15-6-5-13(17)8-14(15)16(20)21-4/h5-8,18H,9H2,1-4H3. The highest BCUT2D eigenvalue weighted by Crippen LogP contribution is 2.20. The summed E-state index contributed by atoms with van der Waals surface area (Å²) in [7, 11) is 3.29. The van der Waals surface area contributed by atoms with Crippen LogP contribution in [0.1, 0.15) is 27.3 Å². The second-order valence-corrected chi connectivity index (χ2v) is 4.99. The molecule has 4 nitrogen and oxygen atoms in total. The third-order valence-corrected chi connectivity index (χ3v) is 3.74. The van der Waals surface area contributed by atoms with Crippen molar-refractivity contribution >= 4 is 11.7 Å². The number of benzene rings is 1. The first-order chi connectivity index (χ1) is 9.93. The SMILES string of the molecule is COC(=O)c1cc(F)ccc1NCc1cc(C)n(C)c1C. The summed E-state index contributed by atoms with van der Waals surface area (Å²) in [5, 5.41) is 3.17. The van der Waals surface area contributed by atoms with Crippen LogP contribution >= 0.6 is 0 Å². The van der Waals surface area contributed by atoms with E-state index in [9.17, 15) is 9.18 Å². The van der Waals surface area contributed by atoms with E-state index in [1.54, 1.807) is 6.07 Å². The number of nitrogens with zero attached hydrogens (tertiary/aromatic N) is 1. The fraction of sp³-hybridized carbons (Fsp3) is 0.312. The van der Waals surface area contributed by atoms with Gasteiger partial charge in [-0.15, -0.1) is 0 Å². The minimum Gasteiger partial charge on any atom is -0.465 e. The van der Waals surface area contributed by atoms with Crippen molar-refractivity contribution in [1.29, 1.82) is 0 Å². The van der Waals surface area contributed by atoms with Gasteiger partial charge < -0.3 is 14.6 Å². The molecular formula is C16H19FN2O2. The van der Waals surface area contributed by atoms with Crippen LogP contribution in [0, 0.1) is 19.7 Å². The van der Waals surface area contributed by atoms with Gasteiger partial charge in [0.15, 0.2) is 0 Å². The maximum Gasteiger partial charge on any atom is 0.340 e.